The molecule has 0 aromatic carbocycles. The van der Waals surface area contributed by atoms with Crippen LogP contribution in [0.4, 0.5) is 4.79 Å². The van der Waals surface area contributed by atoms with E-state index in [-0.39, 0.29) is 6.03 Å². The van der Waals surface area contributed by atoms with Gasteiger partial charge in [0.2, 0.25) is 0 Å². The minimum Gasteiger partial charge on any atom is -0.480 e. The Balaban J connectivity index is 1.82. The zero-order valence-electron chi connectivity index (χ0n) is 11.2. The first-order chi connectivity index (χ1) is 9.09. The van der Waals surface area contributed by atoms with E-state index in [0.717, 1.165) is 13.0 Å². The molecular weight excluding hydrogens is 266 g/mol. The van der Waals surface area contributed by atoms with E-state index < -0.39 is 12.0 Å². The molecule has 0 saturated carbocycles. The maximum absolute atomic E-state index is 12.0. The van der Waals surface area contributed by atoms with Gasteiger partial charge in [-0.15, -0.1) is 11.8 Å². The molecule has 2 saturated heterocycles. The maximum Gasteiger partial charge on any atom is 0.327 e. The number of thioether (sulfide) groups is 1. The van der Waals surface area contributed by atoms with Gasteiger partial charge in [-0.05, 0) is 26.4 Å². The summed E-state index contributed by atoms with van der Waals surface area (Å²) in [5, 5.41) is 11.9. The van der Waals surface area contributed by atoms with Gasteiger partial charge in [-0.3, -0.25) is 0 Å². The van der Waals surface area contributed by atoms with Crippen LogP contribution < -0.4 is 5.32 Å². The molecule has 0 radical (unpaired) electrons. The molecule has 1 unspecified atom stereocenters. The van der Waals surface area contributed by atoms with Crippen LogP contribution in [0.25, 0.3) is 0 Å². The molecule has 2 atom stereocenters. The first-order valence-electron chi connectivity index (χ1n) is 6.65. The summed E-state index contributed by atoms with van der Waals surface area (Å²) in [5.74, 6) is 0.0185. The molecule has 2 rings (SSSR count). The number of amides is 2. The molecule has 19 heavy (non-hydrogen) atoms. The molecule has 2 aliphatic heterocycles. The number of carboxylic acids is 1. The van der Waals surface area contributed by atoms with Crippen molar-refractivity contribution >= 4 is 23.8 Å². The van der Waals surface area contributed by atoms with E-state index in [2.05, 4.69) is 17.3 Å². The summed E-state index contributed by atoms with van der Waals surface area (Å²) in [6.45, 7) is 1.67. The van der Waals surface area contributed by atoms with Crippen molar-refractivity contribution in [3.05, 3.63) is 0 Å². The number of piperidine rings is 1. The molecule has 6 nitrogen and oxygen atoms in total. The lowest BCUT2D eigenvalue weighted by atomic mass is 10.0. The van der Waals surface area contributed by atoms with E-state index in [9.17, 15) is 9.59 Å². The van der Waals surface area contributed by atoms with E-state index in [0.29, 0.717) is 24.2 Å². The van der Waals surface area contributed by atoms with Crippen molar-refractivity contribution in [1.82, 2.24) is 15.1 Å². The highest BCUT2D eigenvalue weighted by atomic mass is 32.2. The third-order valence-electron chi connectivity index (χ3n) is 3.84. The van der Waals surface area contributed by atoms with Gasteiger partial charge in [0.15, 0.2) is 0 Å². The fourth-order valence-corrected chi connectivity index (χ4v) is 3.70. The van der Waals surface area contributed by atoms with Crippen LogP contribution in [0, 0.1) is 0 Å². The van der Waals surface area contributed by atoms with E-state index in [1.807, 2.05) is 0 Å². The van der Waals surface area contributed by atoms with Crippen molar-refractivity contribution in [2.24, 2.45) is 0 Å². The molecule has 108 valence electrons. The highest BCUT2D eigenvalue weighted by molar-refractivity contribution is 7.99. The number of carbonyl (C=O) groups is 2. The van der Waals surface area contributed by atoms with Crippen molar-refractivity contribution in [2.45, 2.75) is 31.3 Å². The van der Waals surface area contributed by atoms with Crippen LogP contribution >= 0.6 is 11.8 Å². The lowest BCUT2D eigenvalue weighted by Crippen LogP contribution is -2.51. The molecule has 7 heteroatoms. The zero-order valence-corrected chi connectivity index (χ0v) is 12.0. The van der Waals surface area contributed by atoms with Gasteiger partial charge < -0.3 is 20.2 Å². The summed E-state index contributed by atoms with van der Waals surface area (Å²) in [7, 11) is 2.07. The molecular formula is C12H21N3O3S. The Morgan fingerprint density at radius 2 is 2.21 bits per heavy atom. The number of urea groups is 1. The number of carbonyl (C=O) groups excluding carboxylic acids is 1. The number of rotatable bonds is 3. The van der Waals surface area contributed by atoms with Crippen molar-refractivity contribution < 1.29 is 14.7 Å². The molecule has 2 N–H and O–H groups in total. The normalized spacial score (nSPS) is 28.4. The minimum atomic E-state index is -0.921. The molecule has 2 aliphatic rings. The van der Waals surface area contributed by atoms with Crippen LogP contribution in [0.2, 0.25) is 0 Å². The average molecular weight is 287 g/mol. The van der Waals surface area contributed by atoms with Gasteiger partial charge in [-0.1, -0.05) is 6.42 Å². The van der Waals surface area contributed by atoms with Crippen LogP contribution in [0.3, 0.4) is 0 Å². The summed E-state index contributed by atoms with van der Waals surface area (Å²) >= 11 is 1.48. The molecule has 0 spiro atoms. The number of carboxylic acid groups (broad SMARTS) is 1. The van der Waals surface area contributed by atoms with Crippen LogP contribution in [-0.4, -0.2) is 70.8 Å². The monoisotopic (exact) mass is 287 g/mol. The van der Waals surface area contributed by atoms with Crippen molar-refractivity contribution in [3.63, 3.8) is 0 Å². The second-order valence-corrected chi connectivity index (χ2v) is 6.14. The van der Waals surface area contributed by atoms with Crippen molar-refractivity contribution in [1.29, 1.82) is 0 Å². The summed E-state index contributed by atoms with van der Waals surface area (Å²) in [4.78, 5) is 26.7. The first-order valence-corrected chi connectivity index (χ1v) is 7.80. The summed E-state index contributed by atoms with van der Waals surface area (Å²) in [6, 6.07) is -0.568. The van der Waals surface area contributed by atoms with Crippen LogP contribution in [-0.2, 0) is 4.79 Å². The Labute approximate surface area is 117 Å². The molecule has 2 amide bonds. The smallest absolute Gasteiger partial charge is 0.327 e. The Bertz CT molecular complexity index is 353. The molecule has 0 bridgehead atoms. The number of hydrogen-bond donors (Lipinski definition) is 2. The summed E-state index contributed by atoms with van der Waals surface area (Å²) in [6.07, 6.45) is 3.50. The highest BCUT2D eigenvalue weighted by Gasteiger charge is 2.34. The number of hydrogen-bond acceptors (Lipinski definition) is 4. The van der Waals surface area contributed by atoms with Gasteiger partial charge in [0.1, 0.15) is 6.04 Å². The Morgan fingerprint density at radius 1 is 1.42 bits per heavy atom. The van der Waals surface area contributed by atoms with Gasteiger partial charge in [0, 0.05) is 18.3 Å². The van der Waals surface area contributed by atoms with E-state index in [1.165, 1.54) is 29.5 Å². The van der Waals surface area contributed by atoms with Gasteiger partial charge in [-0.2, -0.15) is 0 Å². The largest absolute Gasteiger partial charge is 0.480 e. The fourth-order valence-electron chi connectivity index (χ4n) is 2.56. The van der Waals surface area contributed by atoms with Crippen molar-refractivity contribution in [2.75, 3.05) is 31.8 Å². The quantitative estimate of drug-likeness (QED) is 0.797. The third-order valence-corrected chi connectivity index (χ3v) is 4.85. The number of nitrogens with one attached hydrogen (secondary N) is 1. The predicted molar refractivity (Wildman–Crippen MR) is 74.3 cm³/mol. The Morgan fingerprint density at radius 3 is 2.89 bits per heavy atom. The first kappa shape index (κ1) is 14.5. The summed E-state index contributed by atoms with van der Waals surface area (Å²) < 4.78 is 0. The Kier molecular flexibility index (Phi) is 4.93. The molecule has 0 aromatic heterocycles. The van der Waals surface area contributed by atoms with E-state index >= 15 is 0 Å². The standard InChI is InChI=1S/C12H21N3O3S/c1-14-5-3-2-4-9(14)6-13-12(18)15-8-19-7-10(15)11(16)17/h9-10H,2-8H2,1H3,(H,13,18)(H,16,17)/t9?,10-/m0/s1. The summed E-state index contributed by atoms with van der Waals surface area (Å²) in [5.41, 5.74) is 0. The van der Waals surface area contributed by atoms with Crippen molar-refractivity contribution in [3.8, 4) is 0 Å². The van der Waals surface area contributed by atoms with Crippen LogP contribution in [0.15, 0.2) is 0 Å². The van der Waals surface area contributed by atoms with Gasteiger partial charge in [0.05, 0.1) is 5.88 Å². The second-order valence-electron chi connectivity index (χ2n) is 5.14. The highest BCUT2D eigenvalue weighted by Crippen LogP contribution is 2.21. The van der Waals surface area contributed by atoms with E-state index in [1.54, 1.807) is 0 Å². The molecule has 0 aromatic rings. The topological polar surface area (TPSA) is 72.9 Å². The molecule has 2 fully saturated rings. The third kappa shape index (κ3) is 3.54. The SMILES string of the molecule is CN1CCCCC1CNC(=O)N1CSC[C@H]1C(=O)O. The second kappa shape index (κ2) is 6.47. The van der Waals surface area contributed by atoms with Gasteiger partial charge in [0.25, 0.3) is 0 Å². The number of nitrogens with zero attached hydrogens (tertiary/aromatic N) is 2. The maximum atomic E-state index is 12.0. The number of aliphatic carboxylic acids is 1. The van der Waals surface area contributed by atoms with Gasteiger partial charge >= 0.3 is 12.0 Å². The zero-order chi connectivity index (χ0) is 13.8. The predicted octanol–water partition coefficient (Wildman–Crippen LogP) is 0.640. The minimum absolute atomic E-state index is 0.253. The lowest BCUT2D eigenvalue weighted by Gasteiger charge is -2.33. The molecule has 2 heterocycles. The fraction of sp³-hybridized carbons (Fsp3) is 0.833. The van der Waals surface area contributed by atoms with Crippen LogP contribution in [0.5, 0.6) is 0 Å². The average Bonchev–Trinajstić information content (AvgIpc) is 2.87. The lowest BCUT2D eigenvalue weighted by molar-refractivity contribution is -0.140. The van der Waals surface area contributed by atoms with Crippen LogP contribution in [0.1, 0.15) is 19.3 Å². The number of likely N-dealkylation sites (N-methyl/N-ethyl adjacent to an activating group) is 1. The molecule has 0 aliphatic carbocycles. The van der Waals surface area contributed by atoms with Gasteiger partial charge in [-0.25, -0.2) is 9.59 Å². The Hall–Kier alpha value is -0.950. The number of likely N-dealkylation sites (tertiary alicyclic amines) is 1. The van der Waals surface area contributed by atoms with E-state index in [4.69, 9.17) is 5.11 Å².